The van der Waals surface area contributed by atoms with Gasteiger partial charge in [-0.05, 0) is 37.1 Å². The lowest BCUT2D eigenvalue weighted by Gasteiger charge is -2.12. The van der Waals surface area contributed by atoms with Crippen LogP contribution in [-0.4, -0.2) is 17.7 Å². The number of carbonyl (C=O) groups excluding carboxylic acids is 1. The molecular formula is C27H25NO5. The van der Waals surface area contributed by atoms with Gasteiger partial charge in [0.05, 0.1) is 6.61 Å². The predicted octanol–water partition coefficient (Wildman–Crippen LogP) is 5.98. The molecule has 0 fully saturated rings. The predicted molar refractivity (Wildman–Crippen MR) is 124 cm³/mol. The second-order valence-electron chi connectivity index (χ2n) is 7.42. The Bertz CT molecular complexity index is 1140. The van der Waals surface area contributed by atoms with Crippen LogP contribution in [0.1, 0.15) is 34.2 Å². The molecule has 0 spiro atoms. The number of benzene rings is 3. The van der Waals surface area contributed by atoms with Crippen molar-refractivity contribution in [1.82, 2.24) is 5.16 Å². The van der Waals surface area contributed by atoms with E-state index in [0.29, 0.717) is 47.3 Å². The molecule has 0 N–H and O–H groups in total. The summed E-state index contributed by atoms with van der Waals surface area (Å²) in [6.45, 7) is 4.49. The minimum Gasteiger partial charge on any atom is -0.489 e. The standard InChI is InChI=1S/C27H25NO5/c1-3-30-27(29)25-19(2)33-28-26(25)22-14-23(31-17-20-10-6-4-7-11-20)16-24(15-22)32-18-21-12-8-5-9-13-21/h4-16H,3,17-18H2,1-2H3. The minimum atomic E-state index is -0.478. The number of carbonyl (C=O) groups is 1. The topological polar surface area (TPSA) is 70.8 Å². The molecule has 0 aliphatic heterocycles. The van der Waals surface area contributed by atoms with Gasteiger partial charge in [-0.3, -0.25) is 0 Å². The highest BCUT2D eigenvalue weighted by Gasteiger charge is 2.23. The van der Waals surface area contributed by atoms with E-state index in [0.717, 1.165) is 11.1 Å². The average Bonchev–Trinajstić information content (AvgIpc) is 3.24. The molecule has 0 bridgehead atoms. The maximum absolute atomic E-state index is 12.5. The van der Waals surface area contributed by atoms with Crippen molar-refractivity contribution in [1.29, 1.82) is 0 Å². The highest BCUT2D eigenvalue weighted by Crippen LogP contribution is 2.33. The van der Waals surface area contributed by atoms with Crippen LogP contribution < -0.4 is 9.47 Å². The van der Waals surface area contributed by atoms with E-state index in [1.807, 2.05) is 78.9 Å². The monoisotopic (exact) mass is 443 g/mol. The van der Waals surface area contributed by atoms with Gasteiger partial charge in [-0.15, -0.1) is 0 Å². The molecule has 0 radical (unpaired) electrons. The van der Waals surface area contributed by atoms with Gasteiger partial charge in [-0.2, -0.15) is 0 Å². The van der Waals surface area contributed by atoms with Crippen molar-refractivity contribution < 1.29 is 23.5 Å². The van der Waals surface area contributed by atoms with Gasteiger partial charge in [0.15, 0.2) is 0 Å². The maximum atomic E-state index is 12.5. The molecule has 6 heteroatoms. The normalized spacial score (nSPS) is 10.6. The van der Waals surface area contributed by atoms with Crippen LogP contribution in [0.15, 0.2) is 83.4 Å². The Hall–Kier alpha value is -4.06. The van der Waals surface area contributed by atoms with E-state index in [9.17, 15) is 4.79 Å². The highest BCUT2D eigenvalue weighted by molar-refractivity contribution is 5.97. The molecule has 0 aliphatic rings. The lowest BCUT2D eigenvalue weighted by molar-refractivity contribution is 0.0525. The van der Waals surface area contributed by atoms with Crippen molar-refractivity contribution in [2.24, 2.45) is 0 Å². The maximum Gasteiger partial charge on any atom is 0.344 e. The summed E-state index contributed by atoms with van der Waals surface area (Å²) in [6, 6.07) is 25.2. The number of ether oxygens (including phenoxy) is 3. The molecule has 0 saturated carbocycles. The van der Waals surface area contributed by atoms with E-state index < -0.39 is 5.97 Å². The Labute approximate surface area is 192 Å². The molecule has 0 aliphatic carbocycles. The molecule has 4 aromatic rings. The van der Waals surface area contributed by atoms with E-state index in [1.54, 1.807) is 13.8 Å². The second-order valence-corrected chi connectivity index (χ2v) is 7.42. The van der Waals surface area contributed by atoms with Crippen molar-refractivity contribution in [2.75, 3.05) is 6.61 Å². The summed E-state index contributed by atoms with van der Waals surface area (Å²) >= 11 is 0. The first-order valence-corrected chi connectivity index (χ1v) is 10.8. The van der Waals surface area contributed by atoms with Crippen molar-refractivity contribution in [3.63, 3.8) is 0 Å². The first-order valence-electron chi connectivity index (χ1n) is 10.8. The van der Waals surface area contributed by atoms with E-state index in [-0.39, 0.29) is 6.61 Å². The van der Waals surface area contributed by atoms with Crippen molar-refractivity contribution in [2.45, 2.75) is 27.1 Å². The molecule has 3 aromatic carbocycles. The lowest BCUT2D eigenvalue weighted by atomic mass is 10.1. The lowest BCUT2D eigenvalue weighted by Crippen LogP contribution is -2.07. The molecule has 4 rings (SSSR count). The summed E-state index contributed by atoms with van der Waals surface area (Å²) < 4.78 is 22.6. The molecule has 168 valence electrons. The summed E-state index contributed by atoms with van der Waals surface area (Å²) in [7, 11) is 0. The molecule has 0 saturated heterocycles. The summed E-state index contributed by atoms with van der Waals surface area (Å²) in [6.07, 6.45) is 0. The smallest absolute Gasteiger partial charge is 0.344 e. The molecule has 0 atom stereocenters. The quantitative estimate of drug-likeness (QED) is 0.296. The third kappa shape index (κ3) is 5.60. The average molecular weight is 443 g/mol. The fraction of sp³-hybridized carbons (Fsp3) is 0.185. The molecule has 0 unspecified atom stereocenters. The minimum absolute atomic E-state index is 0.258. The number of rotatable bonds is 9. The van der Waals surface area contributed by atoms with Gasteiger partial charge >= 0.3 is 5.97 Å². The van der Waals surface area contributed by atoms with E-state index in [4.69, 9.17) is 18.7 Å². The first kappa shape index (κ1) is 22.1. The van der Waals surface area contributed by atoms with Gasteiger partial charge in [0, 0.05) is 11.6 Å². The van der Waals surface area contributed by atoms with Crippen LogP contribution in [0.2, 0.25) is 0 Å². The molecule has 1 aromatic heterocycles. The number of hydrogen-bond acceptors (Lipinski definition) is 6. The van der Waals surface area contributed by atoms with Gasteiger partial charge in [-0.1, -0.05) is 65.8 Å². The van der Waals surface area contributed by atoms with Gasteiger partial charge in [0.25, 0.3) is 0 Å². The zero-order valence-electron chi connectivity index (χ0n) is 18.6. The summed E-state index contributed by atoms with van der Waals surface area (Å²) in [4.78, 5) is 12.5. The van der Waals surface area contributed by atoms with Crippen molar-refractivity contribution in [3.8, 4) is 22.8 Å². The number of nitrogens with zero attached hydrogens (tertiary/aromatic N) is 1. The Balaban J connectivity index is 1.66. The van der Waals surface area contributed by atoms with Crippen molar-refractivity contribution in [3.05, 3.63) is 101 Å². The third-order valence-corrected chi connectivity index (χ3v) is 4.99. The molecule has 33 heavy (non-hydrogen) atoms. The van der Waals surface area contributed by atoms with E-state index >= 15 is 0 Å². The molecule has 1 heterocycles. The van der Waals surface area contributed by atoms with Gasteiger partial charge in [0.2, 0.25) is 0 Å². The fourth-order valence-electron chi connectivity index (χ4n) is 3.37. The van der Waals surface area contributed by atoms with E-state index in [2.05, 4.69) is 5.16 Å². The second kappa shape index (κ2) is 10.5. The van der Waals surface area contributed by atoms with Crippen LogP contribution in [0.3, 0.4) is 0 Å². The molecule has 0 amide bonds. The van der Waals surface area contributed by atoms with Gasteiger partial charge in [-0.25, -0.2) is 4.79 Å². The summed E-state index contributed by atoms with van der Waals surface area (Å²) in [5.41, 5.74) is 3.41. The van der Waals surface area contributed by atoms with Crippen LogP contribution in [0, 0.1) is 6.92 Å². The zero-order chi connectivity index (χ0) is 23.0. The number of hydrogen-bond donors (Lipinski definition) is 0. The molecule has 6 nitrogen and oxygen atoms in total. The van der Waals surface area contributed by atoms with Crippen molar-refractivity contribution >= 4 is 5.97 Å². The van der Waals surface area contributed by atoms with Crippen LogP contribution in [0.25, 0.3) is 11.3 Å². The summed E-state index contributed by atoms with van der Waals surface area (Å²) in [5, 5.41) is 4.12. The Morgan fingerprint density at radius 2 is 1.39 bits per heavy atom. The van der Waals surface area contributed by atoms with Crippen LogP contribution in [0.5, 0.6) is 11.5 Å². The van der Waals surface area contributed by atoms with Gasteiger partial charge < -0.3 is 18.7 Å². The summed E-state index contributed by atoms with van der Waals surface area (Å²) in [5.74, 6) is 1.10. The fourth-order valence-corrected chi connectivity index (χ4v) is 3.37. The zero-order valence-corrected chi connectivity index (χ0v) is 18.6. The van der Waals surface area contributed by atoms with Crippen LogP contribution in [0.4, 0.5) is 0 Å². The Kier molecular flexibility index (Phi) is 7.05. The van der Waals surface area contributed by atoms with Gasteiger partial charge in [0.1, 0.15) is 41.7 Å². The number of aromatic nitrogens is 1. The third-order valence-electron chi connectivity index (χ3n) is 4.99. The van der Waals surface area contributed by atoms with Crippen LogP contribution >= 0.6 is 0 Å². The number of esters is 1. The molecular weight excluding hydrogens is 418 g/mol. The SMILES string of the molecule is CCOC(=O)c1c(-c2cc(OCc3ccccc3)cc(OCc3ccccc3)c2)noc1C. The Morgan fingerprint density at radius 1 is 0.848 bits per heavy atom. The van der Waals surface area contributed by atoms with Crippen LogP contribution in [-0.2, 0) is 18.0 Å². The van der Waals surface area contributed by atoms with E-state index in [1.165, 1.54) is 0 Å². The first-order chi connectivity index (χ1) is 16.1. The highest BCUT2D eigenvalue weighted by atomic mass is 16.5. The largest absolute Gasteiger partial charge is 0.489 e. The Morgan fingerprint density at radius 3 is 1.91 bits per heavy atom. The number of aryl methyl sites for hydroxylation is 1.